The normalized spacial score (nSPS) is 10.2. The van der Waals surface area contributed by atoms with E-state index in [1.165, 1.54) is 12.1 Å². The van der Waals surface area contributed by atoms with Gasteiger partial charge < -0.3 is 20.6 Å². The Morgan fingerprint density at radius 2 is 1.12 bits per heavy atom. The summed E-state index contributed by atoms with van der Waals surface area (Å²) in [6.07, 6.45) is 0. The predicted molar refractivity (Wildman–Crippen MR) is 81.9 cm³/mol. The third kappa shape index (κ3) is 6.84. The van der Waals surface area contributed by atoms with E-state index in [9.17, 15) is 10.2 Å². The summed E-state index contributed by atoms with van der Waals surface area (Å²) in [5.74, 6) is 0.193. The average molecular weight is 893 g/mol. The molecule has 0 saturated carbocycles. The van der Waals surface area contributed by atoms with Crippen molar-refractivity contribution in [2.45, 2.75) is 13.8 Å². The van der Waals surface area contributed by atoms with Crippen LogP contribution in [0.25, 0.3) is 0 Å². The number of hydrogen-bond donors (Lipinski definition) is 4. The standard InChI is InChI=1S/2C8H8NO2.Ni.2Rf/c2*1-6(9-11)7-4-2-3-5-8(7)10;;;/h2*3-5,10-11H,1H3;;;/q2*-1;;;/b2*9-6+;;;. The Morgan fingerprint density at radius 3 is 1.36 bits per heavy atom. The van der Waals surface area contributed by atoms with Gasteiger partial charge >= 0.3 is 0 Å². The summed E-state index contributed by atoms with van der Waals surface area (Å²) in [5.41, 5.74) is 1.74. The van der Waals surface area contributed by atoms with Crippen LogP contribution in [0.15, 0.2) is 46.7 Å². The molecule has 2 rings (SSSR count). The Kier molecular flexibility index (Phi) is 12.3. The van der Waals surface area contributed by atoms with Gasteiger partial charge in [0.15, 0.2) is 0 Å². The van der Waals surface area contributed by atoms with E-state index in [0.29, 0.717) is 22.6 Å². The first-order valence-corrected chi connectivity index (χ1v) is 6.27. The minimum absolute atomic E-state index is 0. The third-order valence-electron chi connectivity index (χ3n) is 2.76. The SMILES string of the molecule is C/C(=N\O)c1c[c-]ccc1O.C/C(=N\O)c1c[c-]ccc1O.[Ni].[Rf].[Rf]. The summed E-state index contributed by atoms with van der Waals surface area (Å²) in [7, 11) is 0. The van der Waals surface area contributed by atoms with Gasteiger partial charge in [0.1, 0.15) is 0 Å². The van der Waals surface area contributed by atoms with Crippen LogP contribution in [0.1, 0.15) is 25.0 Å². The number of hydrogen-bond acceptors (Lipinski definition) is 6. The van der Waals surface area contributed by atoms with E-state index in [-0.39, 0.29) is 28.0 Å². The van der Waals surface area contributed by atoms with E-state index in [2.05, 4.69) is 22.4 Å². The maximum Gasteiger partial charge on any atom is 0.0324 e. The summed E-state index contributed by atoms with van der Waals surface area (Å²) >= 11 is 0. The van der Waals surface area contributed by atoms with Gasteiger partial charge in [-0.3, -0.25) is 0 Å². The summed E-state index contributed by atoms with van der Waals surface area (Å²) in [4.78, 5) is 0. The summed E-state index contributed by atoms with van der Waals surface area (Å²) in [6.45, 7) is 3.20. The molecule has 0 spiro atoms. The fourth-order valence-corrected chi connectivity index (χ4v) is 1.53. The van der Waals surface area contributed by atoms with Crippen LogP contribution in [0.4, 0.5) is 0 Å². The Balaban J connectivity index is -0.000000346. The van der Waals surface area contributed by atoms with Crippen LogP contribution in [-0.2, 0) is 16.5 Å². The van der Waals surface area contributed by atoms with Gasteiger partial charge in [0.05, 0.1) is 0 Å². The number of phenols is 2. The van der Waals surface area contributed by atoms with Crippen molar-refractivity contribution in [1.29, 1.82) is 0 Å². The van der Waals surface area contributed by atoms with Crippen LogP contribution in [0.3, 0.4) is 0 Å². The van der Waals surface area contributed by atoms with Crippen molar-refractivity contribution in [3.05, 3.63) is 59.7 Å². The molecule has 0 atom stereocenters. The van der Waals surface area contributed by atoms with Crippen LogP contribution in [0.5, 0.6) is 11.5 Å². The van der Waals surface area contributed by atoms with Crippen molar-refractivity contribution in [3.8, 4) is 11.5 Å². The second kappa shape index (κ2) is 12.1. The van der Waals surface area contributed by atoms with Gasteiger partial charge in [-0.05, 0) is 13.8 Å². The zero-order valence-electron chi connectivity index (χ0n) is 13.9. The molecule has 0 aliphatic rings. The molecule has 0 aliphatic heterocycles. The molecule has 0 unspecified atom stereocenters. The second-order valence-electron chi connectivity index (χ2n) is 4.26. The number of oxime groups is 2. The van der Waals surface area contributed by atoms with Crippen LogP contribution in [0, 0.1) is 12.1 Å². The minimum atomic E-state index is 0. The Morgan fingerprint density at radius 1 is 0.800 bits per heavy atom. The first-order chi connectivity index (χ1) is 10.5. The van der Waals surface area contributed by atoms with Crippen molar-refractivity contribution < 1.29 is 37.1 Å². The fourth-order valence-electron chi connectivity index (χ4n) is 1.53. The fraction of sp³-hybridized carbons (Fsp3) is 0.125. The number of nitrogens with zero attached hydrogens (tertiary/aromatic N) is 2. The largest absolute Gasteiger partial charge is 0.533 e. The van der Waals surface area contributed by atoms with Gasteiger partial charge in [0, 0.05) is 39.4 Å². The maximum atomic E-state index is 9.20. The van der Waals surface area contributed by atoms with E-state index < -0.39 is 0 Å². The molecule has 6 nitrogen and oxygen atoms in total. The van der Waals surface area contributed by atoms with Crippen molar-refractivity contribution in [3.63, 3.8) is 0 Å². The zero-order chi connectivity index (χ0) is 16.5. The Hall–Kier alpha value is -4.53. The zero-order valence-corrected chi connectivity index (χ0v) is 27.7. The monoisotopic (exact) mass is 892 g/mol. The molecule has 4 N–H and O–H groups in total. The average Bonchev–Trinajstić information content (AvgIpc) is 2.55. The number of phenolic OH excluding ortho intramolecular Hbond substituents is 2. The van der Waals surface area contributed by atoms with Gasteiger partial charge in [-0.15, -0.1) is 22.4 Å². The van der Waals surface area contributed by atoms with Gasteiger partial charge in [-0.1, -0.05) is 11.1 Å². The number of aromatic hydroxyl groups is 2. The molecule has 0 fully saturated rings. The molecule has 0 bridgehead atoms. The van der Waals surface area contributed by atoms with Gasteiger partial charge in [0.2, 0.25) is 0 Å². The number of rotatable bonds is 2. The summed E-state index contributed by atoms with van der Waals surface area (Å²) in [5, 5.41) is 41.1. The van der Waals surface area contributed by atoms with Gasteiger partial charge in [0.25, 0.3) is 0 Å². The van der Waals surface area contributed by atoms with Crippen LogP contribution in [0.2, 0.25) is 0 Å². The third-order valence-corrected chi connectivity index (χ3v) is 2.76. The summed E-state index contributed by atoms with van der Waals surface area (Å²) in [6, 6.07) is 14.8. The molecule has 130 valence electrons. The quantitative estimate of drug-likeness (QED) is 0.123. The summed E-state index contributed by atoms with van der Waals surface area (Å²) < 4.78 is 0. The maximum absolute atomic E-state index is 9.20. The first-order valence-electron chi connectivity index (χ1n) is 6.27. The predicted octanol–water partition coefficient (Wildman–Crippen LogP) is 2.78. The molecule has 0 saturated heterocycles. The van der Waals surface area contributed by atoms with Crippen molar-refractivity contribution in [1.82, 2.24) is 0 Å². The van der Waals surface area contributed by atoms with Crippen LogP contribution >= 0.6 is 0 Å². The van der Waals surface area contributed by atoms with Crippen molar-refractivity contribution >= 4 is 11.4 Å². The topological polar surface area (TPSA) is 106 Å². The van der Waals surface area contributed by atoms with Gasteiger partial charge in [-0.25, -0.2) is 0 Å². The van der Waals surface area contributed by atoms with E-state index in [0.717, 1.165) is 0 Å². The molecule has 0 amide bonds. The molecule has 0 aromatic heterocycles. The van der Waals surface area contributed by atoms with E-state index in [1.807, 2.05) is 0 Å². The molecular weight excluding hydrogens is 877 g/mol. The second-order valence-corrected chi connectivity index (χ2v) is 4.26. The van der Waals surface area contributed by atoms with E-state index >= 15 is 0 Å². The molecule has 0 aliphatic carbocycles. The van der Waals surface area contributed by atoms with Gasteiger partial charge in [-0.2, -0.15) is 36.4 Å². The molecule has 0 heterocycles. The van der Waals surface area contributed by atoms with Crippen molar-refractivity contribution in [2.24, 2.45) is 10.3 Å². The van der Waals surface area contributed by atoms with E-state index in [4.69, 9.17) is 10.4 Å². The van der Waals surface area contributed by atoms with Crippen LogP contribution < -0.4 is 0 Å². The Labute approximate surface area is 144 Å². The molecule has 9 heteroatoms. The van der Waals surface area contributed by atoms with Crippen LogP contribution in [-0.4, -0.2) is 32.1 Å². The van der Waals surface area contributed by atoms with E-state index in [1.54, 1.807) is 38.1 Å². The minimum Gasteiger partial charge on any atom is -0.533 e. The molecule has 0 radical (unpaired) electrons. The van der Waals surface area contributed by atoms with Crippen molar-refractivity contribution in [2.75, 3.05) is 0 Å². The Bertz CT molecular complexity index is 638. The molecule has 2 aromatic rings. The molecular formula is C16H16N2NiO4Rf2-2. The first kappa shape index (κ1) is 25.4. The molecule has 2 aromatic carbocycles. The number of benzene rings is 2. The molecule has 25 heavy (non-hydrogen) atoms. The smallest absolute Gasteiger partial charge is 0.0324 e.